The Kier molecular flexibility index (Phi) is 5.45. The van der Waals surface area contributed by atoms with E-state index < -0.39 is 0 Å². The number of benzene rings is 1. The predicted molar refractivity (Wildman–Crippen MR) is 102 cm³/mol. The zero-order valence-corrected chi connectivity index (χ0v) is 14.5. The number of nitrogens with one attached hydrogen (secondary N) is 3. The average molecular weight is 342 g/mol. The fourth-order valence-electron chi connectivity index (χ4n) is 2.59. The van der Waals surface area contributed by atoms with Crippen molar-refractivity contribution in [3.05, 3.63) is 53.7 Å². The summed E-state index contributed by atoms with van der Waals surface area (Å²) in [6.45, 7) is 3.92. The van der Waals surface area contributed by atoms with Gasteiger partial charge in [0, 0.05) is 43.5 Å². The summed E-state index contributed by atoms with van der Waals surface area (Å²) in [5, 5.41) is 4.81. The minimum atomic E-state index is 0.715. The van der Waals surface area contributed by atoms with Gasteiger partial charge in [-0.1, -0.05) is 30.3 Å². The van der Waals surface area contributed by atoms with E-state index >= 15 is 0 Å². The molecule has 2 heterocycles. The lowest BCUT2D eigenvalue weighted by atomic mass is 10.1. The number of piperazine rings is 1. The maximum atomic E-state index is 5.53. The summed E-state index contributed by atoms with van der Waals surface area (Å²) in [6.07, 6.45) is 5.57. The first-order valence-electron chi connectivity index (χ1n) is 7.98. The highest BCUT2D eigenvalue weighted by Gasteiger charge is 2.16. The molecule has 1 aromatic rings. The van der Waals surface area contributed by atoms with E-state index in [1.807, 2.05) is 24.3 Å². The van der Waals surface area contributed by atoms with E-state index in [1.54, 1.807) is 12.4 Å². The van der Waals surface area contributed by atoms with Crippen molar-refractivity contribution < 1.29 is 0 Å². The molecule has 0 amide bonds. The van der Waals surface area contributed by atoms with Crippen molar-refractivity contribution in [1.29, 1.82) is 0 Å². The molecule has 2 aliphatic heterocycles. The van der Waals surface area contributed by atoms with Crippen molar-refractivity contribution in [2.45, 2.75) is 0 Å². The Morgan fingerprint density at radius 2 is 1.88 bits per heavy atom. The molecule has 3 N–H and O–H groups in total. The molecule has 0 unspecified atom stereocenters. The molecular weight excluding hydrogens is 320 g/mol. The Morgan fingerprint density at radius 3 is 2.54 bits per heavy atom. The lowest BCUT2D eigenvalue weighted by Crippen LogP contribution is -2.53. The Labute approximate surface area is 147 Å². The van der Waals surface area contributed by atoms with Crippen LogP contribution in [0.5, 0.6) is 0 Å². The highest BCUT2D eigenvalue weighted by molar-refractivity contribution is 7.80. The zero-order chi connectivity index (χ0) is 16.8. The number of thiocarbonyl (C=S) groups is 1. The van der Waals surface area contributed by atoms with Crippen LogP contribution in [-0.4, -0.2) is 54.4 Å². The highest BCUT2D eigenvalue weighted by atomic mass is 32.1. The second-order valence-electron chi connectivity index (χ2n) is 5.76. The largest absolute Gasteiger partial charge is 0.345 e. The van der Waals surface area contributed by atoms with Gasteiger partial charge in [-0.2, -0.15) is 5.10 Å². The molecule has 0 spiro atoms. The molecule has 1 saturated heterocycles. The molecule has 6 nitrogen and oxygen atoms in total. The fourth-order valence-corrected chi connectivity index (χ4v) is 2.82. The van der Waals surface area contributed by atoms with Gasteiger partial charge in [0.25, 0.3) is 0 Å². The van der Waals surface area contributed by atoms with Crippen LogP contribution >= 0.6 is 12.2 Å². The molecule has 3 rings (SSSR count). The van der Waals surface area contributed by atoms with Crippen LogP contribution in [0.1, 0.15) is 5.56 Å². The first-order valence-corrected chi connectivity index (χ1v) is 8.39. The van der Waals surface area contributed by atoms with E-state index in [9.17, 15) is 0 Å². The van der Waals surface area contributed by atoms with Gasteiger partial charge in [-0.25, -0.2) is 0 Å². The summed E-state index contributed by atoms with van der Waals surface area (Å²) in [4.78, 5) is 4.49. The monoisotopic (exact) mass is 342 g/mol. The Morgan fingerprint density at radius 1 is 1.12 bits per heavy atom. The van der Waals surface area contributed by atoms with E-state index in [1.165, 1.54) is 0 Å². The number of hydrogen-bond donors (Lipinski definition) is 3. The average Bonchev–Trinajstić information content (AvgIpc) is 2.64. The molecule has 0 atom stereocenters. The van der Waals surface area contributed by atoms with Crippen LogP contribution < -0.4 is 16.3 Å². The topological polar surface area (TPSA) is 54.9 Å². The van der Waals surface area contributed by atoms with Gasteiger partial charge in [0.1, 0.15) is 0 Å². The molecule has 0 radical (unpaired) electrons. The van der Waals surface area contributed by atoms with E-state index in [2.05, 4.69) is 50.4 Å². The van der Waals surface area contributed by atoms with Crippen LogP contribution in [0.3, 0.4) is 0 Å². The molecule has 126 valence electrons. The van der Waals surface area contributed by atoms with Gasteiger partial charge < -0.3 is 9.80 Å². The van der Waals surface area contributed by atoms with Crippen LogP contribution in [0.15, 0.2) is 53.3 Å². The molecule has 0 aliphatic carbocycles. The Bertz CT molecular complexity index is 645. The second kappa shape index (κ2) is 7.94. The van der Waals surface area contributed by atoms with Crippen LogP contribution in [-0.2, 0) is 0 Å². The van der Waals surface area contributed by atoms with Crippen molar-refractivity contribution in [3.63, 3.8) is 0 Å². The molecule has 24 heavy (non-hydrogen) atoms. The lowest BCUT2D eigenvalue weighted by molar-refractivity contribution is 0.213. The molecule has 0 saturated carbocycles. The van der Waals surface area contributed by atoms with Crippen LogP contribution in [0, 0.1) is 0 Å². The van der Waals surface area contributed by atoms with Crippen molar-refractivity contribution in [2.75, 3.05) is 33.2 Å². The van der Waals surface area contributed by atoms with E-state index in [4.69, 9.17) is 12.2 Å². The third-order valence-corrected chi connectivity index (χ3v) is 4.41. The van der Waals surface area contributed by atoms with E-state index in [0.29, 0.717) is 5.11 Å². The van der Waals surface area contributed by atoms with Gasteiger partial charge in [0.15, 0.2) is 5.11 Å². The third kappa shape index (κ3) is 4.12. The third-order valence-electron chi connectivity index (χ3n) is 4.05. The normalized spacial score (nSPS) is 19.6. The summed E-state index contributed by atoms with van der Waals surface area (Å²) in [7, 11) is 2.13. The number of hydrogen-bond acceptors (Lipinski definition) is 5. The first kappa shape index (κ1) is 16.5. The quantitative estimate of drug-likeness (QED) is 0.566. The summed E-state index contributed by atoms with van der Waals surface area (Å²) in [5.41, 5.74) is 12.3. The van der Waals surface area contributed by atoms with Crippen molar-refractivity contribution in [1.82, 2.24) is 26.1 Å². The van der Waals surface area contributed by atoms with Crippen molar-refractivity contribution in [3.8, 4) is 0 Å². The standard InChI is InChI=1S/C17H22N6S/c1-22-9-11-23(12-10-22)17(24)21-20-16(14-5-3-2-4-6-14)15-7-8-18-19-13-15/h2-8,13,18,20H,9-12H2,1H3,(H,21,24). The number of hydrazine groups is 1. The molecule has 1 fully saturated rings. The first-order chi connectivity index (χ1) is 11.7. The summed E-state index contributed by atoms with van der Waals surface area (Å²) < 4.78 is 0. The molecule has 2 aliphatic rings. The van der Waals surface area contributed by atoms with Gasteiger partial charge in [-0.15, -0.1) is 0 Å². The predicted octanol–water partition coefficient (Wildman–Crippen LogP) is 1.13. The highest BCUT2D eigenvalue weighted by Crippen LogP contribution is 2.16. The van der Waals surface area contributed by atoms with Gasteiger partial charge in [-0.3, -0.25) is 16.3 Å². The maximum Gasteiger partial charge on any atom is 0.187 e. The molecule has 0 bridgehead atoms. The number of hydrazone groups is 1. The van der Waals surface area contributed by atoms with E-state index in [-0.39, 0.29) is 0 Å². The minimum Gasteiger partial charge on any atom is -0.345 e. The molecular formula is C17H22N6S. The van der Waals surface area contributed by atoms with Crippen LogP contribution in [0.2, 0.25) is 0 Å². The van der Waals surface area contributed by atoms with Gasteiger partial charge >= 0.3 is 0 Å². The smallest absolute Gasteiger partial charge is 0.187 e. The lowest BCUT2D eigenvalue weighted by Gasteiger charge is -2.34. The number of nitrogens with zero attached hydrogens (tertiary/aromatic N) is 3. The number of rotatable bonds is 3. The Hall–Kier alpha value is -2.38. The fraction of sp³-hybridized carbons (Fsp3) is 0.294. The summed E-state index contributed by atoms with van der Waals surface area (Å²) >= 11 is 5.53. The van der Waals surface area contributed by atoms with Crippen LogP contribution in [0.4, 0.5) is 0 Å². The van der Waals surface area contributed by atoms with Crippen molar-refractivity contribution >= 4 is 29.2 Å². The maximum absolute atomic E-state index is 5.53. The van der Waals surface area contributed by atoms with Gasteiger partial charge in [-0.05, 0) is 25.3 Å². The number of allylic oxidation sites excluding steroid dienone is 2. The van der Waals surface area contributed by atoms with Crippen LogP contribution in [0.25, 0.3) is 5.70 Å². The summed E-state index contributed by atoms with van der Waals surface area (Å²) in [5.74, 6) is 0. The zero-order valence-electron chi connectivity index (χ0n) is 13.7. The van der Waals surface area contributed by atoms with Crippen molar-refractivity contribution in [2.24, 2.45) is 5.10 Å². The SMILES string of the molecule is CN1CCN(C(=S)NNC(=C2C=CNN=C2)c2ccccc2)CC1. The molecule has 1 aromatic carbocycles. The minimum absolute atomic E-state index is 0.715. The molecule has 7 heteroatoms. The van der Waals surface area contributed by atoms with Gasteiger partial charge in [0.2, 0.25) is 0 Å². The van der Waals surface area contributed by atoms with E-state index in [0.717, 1.165) is 43.0 Å². The van der Waals surface area contributed by atoms with Gasteiger partial charge in [0.05, 0.1) is 11.9 Å². The summed E-state index contributed by atoms with van der Waals surface area (Å²) in [6, 6.07) is 10.1. The second-order valence-corrected chi connectivity index (χ2v) is 6.15. The Balaban J connectivity index is 1.71. The number of likely N-dealkylation sites (N-methyl/N-ethyl adjacent to an activating group) is 1. The molecule has 0 aromatic heterocycles.